The lowest BCUT2D eigenvalue weighted by molar-refractivity contribution is -0.123. The molecule has 2 aromatic carbocycles. The first kappa shape index (κ1) is 20.6. The van der Waals surface area contributed by atoms with Gasteiger partial charge in [0.1, 0.15) is 5.75 Å². The average Bonchev–Trinajstić information content (AvgIpc) is 2.68. The second-order valence-electron chi connectivity index (χ2n) is 6.50. The molecule has 0 aliphatic heterocycles. The number of rotatable bonds is 10. The van der Waals surface area contributed by atoms with Gasteiger partial charge in [0.25, 0.3) is 5.91 Å². The number of carbonyl (C=O) groups excluding carboxylic acids is 1. The molecule has 2 aromatic rings. The van der Waals surface area contributed by atoms with Gasteiger partial charge in [-0.15, -0.1) is 0 Å². The molecule has 1 amide bonds. The van der Waals surface area contributed by atoms with Crippen molar-refractivity contribution in [2.75, 3.05) is 20.3 Å². The fourth-order valence-electron chi connectivity index (χ4n) is 2.47. The Hall–Kier alpha value is -2.69. The third-order valence-corrected chi connectivity index (χ3v) is 4.32. The van der Waals surface area contributed by atoms with E-state index in [1.807, 2.05) is 50.2 Å². The highest BCUT2D eigenvalue weighted by molar-refractivity contribution is 5.77. The predicted molar refractivity (Wildman–Crippen MR) is 107 cm³/mol. The zero-order valence-corrected chi connectivity index (χ0v) is 16.6. The van der Waals surface area contributed by atoms with E-state index in [0.29, 0.717) is 24.7 Å². The third-order valence-electron chi connectivity index (χ3n) is 4.32. The number of hydrogen-bond acceptors (Lipinski definition) is 4. The molecule has 5 heteroatoms. The van der Waals surface area contributed by atoms with E-state index >= 15 is 0 Å². The van der Waals surface area contributed by atoms with Crippen molar-refractivity contribution in [3.05, 3.63) is 53.1 Å². The van der Waals surface area contributed by atoms with Crippen LogP contribution in [0.5, 0.6) is 17.2 Å². The van der Waals surface area contributed by atoms with E-state index in [9.17, 15) is 4.79 Å². The molecular weight excluding hydrogens is 342 g/mol. The van der Waals surface area contributed by atoms with Crippen LogP contribution in [0.25, 0.3) is 0 Å². The average molecular weight is 371 g/mol. The van der Waals surface area contributed by atoms with Gasteiger partial charge in [-0.3, -0.25) is 4.79 Å². The summed E-state index contributed by atoms with van der Waals surface area (Å²) < 4.78 is 16.7. The van der Waals surface area contributed by atoms with Gasteiger partial charge in [0.15, 0.2) is 18.1 Å². The summed E-state index contributed by atoms with van der Waals surface area (Å²) >= 11 is 0. The lowest BCUT2D eigenvalue weighted by Gasteiger charge is -2.13. The molecule has 0 unspecified atom stereocenters. The van der Waals surface area contributed by atoms with Crippen LogP contribution in [-0.4, -0.2) is 26.2 Å². The maximum atomic E-state index is 12.0. The Bertz CT molecular complexity index is 758. The molecule has 0 aliphatic carbocycles. The molecule has 0 bridgehead atoms. The van der Waals surface area contributed by atoms with Crippen LogP contribution in [0.3, 0.4) is 0 Å². The fourth-order valence-corrected chi connectivity index (χ4v) is 2.47. The number of hydrogen-bond donors (Lipinski definition) is 1. The highest BCUT2D eigenvalue weighted by atomic mass is 16.5. The molecule has 0 saturated carbocycles. The van der Waals surface area contributed by atoms with Crippen molar-refractivity contribution in [3.8, 4) is 17.2 Å². The quantitative estimate of drug-likeness (QED) is 0.637. The van der Waals surface area contributed by atoms with Crippen LogP contribution in [0, 0.1) is 13.8 Å². The first-order valence-corrected chi connectivity index (χ1v) is 9.30. The second-order valence-corrected chi connectivity index (χ2v) is 6.50. The Morgan fingerprint density at radius 2 is 1.81 bits per heavy atom. The molecular formula is C22H29NO4. The summed E-state index contributed by atoms with van der Waals surface area (Å²) in [7, 11) is 1.61. The zero-order valence-electron chi connectivity index (χ0n) is 16.6. The molecule has 0 aromatic heterocycles. The molecule has 5 nitrogen and oxygen atoms in total. The van der Waals surface area contributed by atoms with Crippen LogP contribution in [0.15, 0.2) is 36.4 Å². The highest BCUT2D eigenvalue weighted by Crippen LogP contribution is 2.28. The van der Waals surface area contributed by atoms with Crippen molar-refractivity contribution >= 4 is 5.91 Å². The maximum absolute atomic E-state index is 12.0. The Balaban J connectivity index is 1.84. The number of methoxy groups -OCH3 is 1. The summed E-state index contributed by atoms with van der Waals surface area (Å²) in [5, 5.41) is 2.86. The standard InChI is InChI=1S/C22H29NO4/c1-5-6-11-26-20-10-8-18(13-21(20)25-4)14-23-22(24)15-27-19-9-7-16(2)17(3)12-19/h7-10,12-13H,5-6,11,14-15H2,1-4H3,(H,23,24). The molecule has 2 rings (SSSR count). The summed E-state index contributed by atoms with van der Waals surface area (Å²) in [5.74, 6) is 1.92. The normalized spacial score (nSPS) is 10.4. The van der Waals surface area contributed by atoms with Gasteiger partial charge in [0.05, 0.1) is 13.7 Å². The second kappa shape index (κ2) is 10.5. The number of benzene rings is 2. The van der Waals surface area contributed by atoms with Crippen LogP contribution in [-0.2, 0) is 11.3 Å². The van der Waals surface area contributed by atoms with Gasteiger partial charge in [-0.25, -0.2) is 0 Å². The Kier molecular flexibility index (Phi) is 7.99. The van der Waals surface area contributed by atoms with Gasteiger partial charge in [-0.1, -0.05) is 25.5 Å². The number of carbonyl (C=O) groups is 1. The number of amides is 1. The SMILES string of the molecule is CCCCOc1ccc(CNC(=O)COc2ccc(C)c(C)c2)cc1OC. The van der Waals surface area contributed by atoms with E-state index in [1.165, 1.54) is 5.56 Å². The minimum Gasteiger partial charge on any atom is -0.493 e. The van der Waals surface area contributed by atoms with Gasteiger partial charge in [-0.2, -0.15) is 0 Å². The van der Waals surface area contributed by atoms with Crippen molar-refractivity contribution in [1.82, 2.24) is 5.32 Å². The molecule has 1 N–H and O–H groups in total. The van der Waals surface area contributed by atoms with Crippen molar-refractivity contribution in [3.63, 3.8) is 0 Å². The number of aryl methyl sites for hydroxylation is 2. The van der Waals surface area contributed by atoms with Crippen molar-refractivity contribution in [2.24, 2.45) is 0 Å². The van der Waals surface area contributed by atoms with E-state index in [-0.39, 0.29) is 12.5 Å². The number of ether oxygens (including phenoxy) is 3. The third kappa shape index (κ3) is 6.51. The molecule has 0 saturated heterocycles. The van der Waals surface area contributed by atoms with E-state index in [1.54, 1.807) is 7.11 Å². The minimum absolute atomic E-state index is 0.0160. The van der Waals surface area contributed by atoms with Crippen LogP contribution >= 0.6 is 0 Å². The summed E-state index contributed by atoms with van der Waals surface area (Å²) in [4.78, 5) is 12.0. The van der Waals surface area contributed by atoms with Crippen molar-refractivity contribution in [1.29, 1.82) is 0 Å². The molecule has 0 atom stereocenters. The number of nitrogens with one attached hydrogen (secondary N) is 1. The molecule has 146 valence electrons. The lowest BCUT2D eigenvalue weighted by Crippen LogP contribution is -2.28. The van der Waals surface area contributed by atoms with Gasteiger partial charge in [0.2, 0.25) is 0 Å². The maximum Gasteiger partial charge on any atom is 0.258 e. The van der Waals surface area contributed by atoms with Crippen LogP contribution < -0.4 is 19.5 Å². The molecule has 0 spiro atoms. The van der Waals surface area contributed by atoms with Crippen LogP contribution in [0.4, 0.5) is 0 Å². The van der Waals surface area contributed by atoms with Gasteiger partial charge < -0.3 is 19.5 Å². The summed E-state index contributed by atoms with van der Waals surface area (Å²) in [6, 6.07) is 11.5. The van der Waals surface area contributed by atoms with Gasteiger partial charge in [-0.05, 0) is 61.2 Å². The Morgan fingerprint density at radius 3 is 2.52 bits per heavy atom. The molecule has 0 radical (unpaired) electrons. The molecule has 0 fully saturated rings. The first-order valence-electron chi connectivity index (χ1n) is 9.30. The smallest absolute Gasteiger partial charge is 0.258 e. The van der Waals surface area contributed by atoms with Crippen molar-refractivity contribution in [2.45, 2.75) is 40.2 Å². The zero-order chi connectivity index (χ0) is 19.6. The monoisotopic (exact) mass is 371 g/mol. The van der Waals surface area contributed by atoms with E-state index in [0.717, 1.165) is 29.7 Å². The number of unbranched alkanes of at least 4 members (excludes halogenated alkanes) is 1. The summed E-state index contributed by atoms with van der Waals surface area (Å²) in [6.45, 7) is 7.24. The Morgan fingerprint density at radius 1 is 1.00 bits per heavy atom. The van der Waals surface area contributed by atoms with Gasteiger partial charge in [0, 0.05) is 6.54 Å². The molecule has 0 heterocycles. The summed E-state index contributed by atoms with van der Waals surface area (Å²) in [5.41, 5.74) is 3.28. The van der Waals surface area contributed by atoms with Crippen LogP contribution in [0.2, 0.25) is 0 Å². The lowest BCUT2D eigenvalue weighted by atomic mass is 10.1. The van der Waals surface area contributed by atoms with E-state index < -0.39 is 0 Å². The largest absolute Gasteiger partial charge is 0.493 e. The fraction of sp³-hybridized carbons (Fsp3) is 0.409. The van der Waals surface area contributed by atoms with Crippen molar-refractivity contribution < 1.29 is 19.0 Å². The molecule has 0 aliphatic rings. The van der Waals surface area contributed by atoms with Crippen LogP contribution in [0.1, 0.15) is 36.5 Å². The highest BCUT2D eigenvalue weighted by Gasteiger charge is 2.08. The first-order chi connectivity index (χ1) is 13.0. The minimum atomic E-state index is -0.171. The predicted octanol–water partition coefficient (Wildman–Crippen LogP) is 4.19. The topological polar surface area (TPSA) is 56.8 Å². The Labute approximate surface area is 161 Å². The van der Waals surface area contributed by atoms with E-state index in [4.69, 9.17) is 14.2 Å². The van der Waals surface area contributed by atoms with Gasteiger partial charge >= 0.3 is 0 Å². The molecule has 27 heavy (non-hydrogen) atoms. The van der Waals surface area contributed by atoms with E-state index in [2.05, 4.69) is 12.2 Å². The summed E-state index contributed by atoms with van der Waals surface area (Å²) in [6.07, 6.45) is 2.08.